The Balaban J connectivity index is 0.00000120. The van der Waals surface area contributed by atoms with Gasteiger partial charge in [-0.1, -0.05) is 24.3 Å². The van der Waals surface area contributed by atoms with Gasteiger partial charge in [-0.3, -0.25) is 0 Å². The van der Waals surface area contributed by atoms with Crippen molar-refractivity contribution in [1.82, 2.24) is 9.97 Å². The molecule has 2 aromatic rings. The van der Waals surface area contributed by atoms with Crippen LogP contribution in [0.2, 0.25) is 0 Å². The SMILES string of the molecule is CC1c2ccccc2CCN1c1ccncn1.Cl. The number of fused-ring (bicyclic) bond motifs is 1. The van der Waals surface area contributed by atoms with Crippen molar-refractivity contribution < 1.29 is 0 Å². The van der Waals surface area contributed by atoms with Crippen LogP contribution in [0.25, 0.3) is 0 Å². The first-order valence-corrected chi connectivity index (χ1v) is 5.97. The molecule has 4 heteroatoms. The van der Waals surface area contributed by atoms with Gasteiger partial charge in [0.25, 0.3) is 0 Å². The van der Waals surface area contributed by atoms with Crippen LogP contribution in [0.5, 0.6) is 0 Å². The van der Waals surface area contributed by atoms with E-state index >= 15 is 0 Å². The zero-order valence-electron chi connectivity index (χ0n) is 10.3. The molecule has 18 heavy (non-hydrogen) atoms. The smallest absolute Gasteiger partial charge is 0.132 e. The van der Waals surface area contributed by atoms with Gasteiger partial charge in [-0.05, 0) is 30.5 Å². The first-order valence-electron chi connectivity index (χ1n) is 5.97. The molecule has 3 nitrogen and oxygen atoms in total. The Morgan fingerprint density at radius 2 is 2.06 bits per heavy atom. The van der Waals surface area contributed by atoms with Crippen molar-refractivity contribution in [2.75, 3.05) is 11.4 Å². The van der Waals surface area contributed by atoms with E-state index in [1.807, 2.05) is 6.07 Å². The van der Waals surface area contributed by atoms with Gasteiger partial charge in [0.05, 0.1) is 6.04 Å². The van der Waals surface area contributed by atoms with E-state index in [4.69, 9.17) is 0 Å². The standard InChI is InChI=1S/C14H15N3.ClH/c1-11-13-5-3-2-4-12(13)7-9-17(11)14-6-8-15-10-16-14;/h2-6,8,10-11H,7,9H2,1H3;1H. The summed E-state index contributed by atoms with van der Waals surface area (Å²) in [6.45, 7) is 3.26. The fourth-order valence-corrected chi connectivity index (χ4v) is 2.54. The molecule has 3 rings (SSSR count). The molecule has 1 aliphatic heterocycles. The first-order chi connectivity index (χ1) is 8.36. The van der Waals surface area contributed by atoms with Crippen molar-refractivity contribution in [1.29, 1.82) is 0 Å². The molecule has 0 bridgehead atoms. The molecule has 1 unspecified atom stereocenters. The minimum atomic E-state index is 0. The maximum Gasteiger partial charge on any atom is 0.132 e. The van der Waals surface area contributed by atoms with Gasteiger partial charge in [-0.2, -0.15) is 0 Å². The van der Waals surface area contributed by atoms with E-state index in [1.165, 1.54) is 11.1 Å². The third-order valence-corrected chi connectivity index (χ3v) is 3.46. The van der Waals surface area contributed by atoms with Gasteiger partial charge in [0.15, 0.2) is 0 Å². The average molecular weight is 262 g/mol. The van der Waals surface area contributed by atoms with Crippen molar-refractivity contribution in [2.45, 2.75) is 19.4 Å². The molecular weight excluding hydrogens is 246 g/mol. The Bertz CT molecular complexity index is 515. The number of anilines is 1. The lowest BCUT2D eigenvalue weighted by molar-refractivity contribution is 0.616. The van der Waals surface area contributed by atoms with E-state index in [2.05, 4.69) is 46.1 Å². The summed E-state index contributed by atoms with van der Waals surface area (Å²) in [6.07, 6.45) is 4.50. The highest BCUT2D eigenvalue weighted by atomic mass is 35.5. The third kappa shape index (κ3) is 2.18. The second-order valence-corrected chi connectivity index (χ2v) is 4.39. The van der Waals surface area contributed by atoms with E-state index in [0.717, 1.165) is 18.8 Å². The number of hydrogen-bond donors (Lipinski definition) is 0. The zero-order chi connectivity index (χ0) is 11.7. The topological polar surface area (TPSA) is 29.0 Å². The van der Waals surface area contributed by atoms with Gasteiger partial charge >= 0.3 is 0 Å². The fraction of sp³-hybridized carbons (Fsp3) is 0.286. The Morgan fingerprint density at radius 1 is 1.22 bits per heavy atom. The van der Waals surface area contributed by atoms with Gasteiger partial charge in [0.1, 0.15) is 12.1 Å². The van der Waals surface area contributed by atoms with Crippen LogP contribution in [0, 0.1) is 0 Å². The van der Waals surface area contributed by atoms with Crippen molar-refractivity contribution in [3.05, 3.63) is 54.0 Å². The molecule has 0 radical (unpaired) electrons. The van der Waals surface area contributed by atoms with Crippen LogP contribution >= 0.6 is 12.4 Å². The molecule has 0 fully saturated rings. The normalized spacial score (nSPS) is 17.8. The lowest BCUT2D eigenvalue weighted by Gasteiger charge is -2.36. The van der Waals surface area contributed by atoms with E-state index in [-0.39, 0.29) is 12.4 Å². The predicted octanol–water partition coefficient (Wildman–Crippen LogP) is 3.02. The highest BCUT2D eigenvalue weighted by molar-refractivity contribution is 5.85. The monoisotopic (exact) mass is 261 g/mol. The molecule has 0 N–H and O–H groups in total. The summed E-state index contributed by atoms with van der Waals surface area (Å²) < 4.78 is 0. The number of aromatic nitrogens is 2. The molecule has 0 saturated heterocycles. The second-order valence-electron chi connectivity index (χ2n) is 4.39. The minimum absolute atomic E-state index is 0. The maximum absolute atomic E-state index is 4.34. The van der Waals surface area contributed by atoms with E-state index in [9.17, 15) is 0 Å². The van der Waals surface area contributed by atoms with Crippen molar-refractivity contribution in [3.63, 3.8) is 0 Å². The number of halogens is 1. The molecule has 1 aromatic carbocycles. The molecular formula is C14H16ClN3. The van der Waals surface area contributed by atoms with Crippen molar-refractivity contribution in [2.24, 2.45) is 0 Å². The first kappa shape index (κ1) is 12.8. The predicted molar refractivity (Wildman–Crippen MR) is 75.2 cm³/mol. The van der Waals surface area contributed by atoms with Gasteiger partial charge in [-0.15, -0.1) is 12.4 Å². The summed E-state index contributed by atoms with van der Waals surface area (Å²) in [4.78, 5) is 10.6. The Hall–Kier alpha value is -1.61. The maximum atomic E-state index is 4.34. The van der Waals surface area contributed by atoms with Crippen LogP contribution in [-0.4, -0.2) is 16.5 Å². The van der Waals surface area contributed by atoms with Gasteiger partial charge in [-0.25, -0.2) is 9.97 Å². The quantitative estimate of drug-likeness (QED) is 0.790. The van der Waals surface area contributed by atoms with E-state index < -0.39 is 0 Å². The van der Waals surface area contributed by atoms with Crippen molar-refractivity contribution >= 4 is 18.2 Å². The zero-order valence-corrected chi connectivity index (χ0v) is 11.1. The molecule has 94 valence electrons. The fourth-order valence-electron chi connectivity index (χ4n) is 2.54. The lowest BCUT2D eigenvalue weighted by Crippen LogP contribution is -2.34. The number of hydrogen-bond acceptors (Lipinski definition) is 3. The number of benzene rings is 1. The minimum Gasteiger partial charge on any atom is -0.349 e. The third-order valence-electron chi connectivity index (χ3n) is 3.46. The summed E-state index contributed by atoms with van der Waals surface area (Å²) in [5.41, 5.74) is 2.88. The summed E-state index contributed by atoms with van der Waals surface area (Å²) in [7, 11) is 0. The lowest BCUT2D eigenvalue weighted by atomic mass is 9.94. The average Bonchev–Trinajstić information content (AvgIpc) is 2.40. The Morgan fingerprint density at radius 3 is 2.83 bits per heavy atom. The van der Waals surface area contributed by atoms with Gasteiger partial charge in [0, 0.05) is 12.7 Å². The van der Waals surface area contributed by atoms with Crippen LogP contribution in [0.15, 0.2) is 42.9 Å². The van der Waals surface area contributed by atoms with Crippen LogP contribution in [-0.2, 0) is 6.42 Å². The molecule has 2 heterocycles. The highest BCUT2D eigenvalue weighted by Crippen LogP contribution is 2.31. The molecule has 0 saturated carbocycles. The largest absolute Gasteiger partial charge is 0.349 e. The molecule has 1 aliphatic rings. The highest BCUT2D eigenvalue weighted by Gasteiger charge is 2.23. The molecule has 0 spiro atoms. The Labute approximate surface area is 113 Å². The van der Waals surface area contributed by atoms with Crippen LogP contribution in [0.3, 0.4) is 0 Å². The summed E-state index contributed by atoms with van der Waals surface area (Å²) in [5.74, 6) is 1.02. The van der Waals surface area contributed by atoms with E-state index in [0.29, 0.717) is 6.04 Å². The summed E-state index contributed by atoms with van der Waals surface area (Å²) >= 11 is 0. The molecule has 0 aliphatic carbocycles. The van der Waals surface area contributed by atoms with Crippen LogP contribution in [0.1, 0.15) is 24.1 Å². The summed E-state index contributed by atoms with van der Waals surface area (Å²) in [5, 5.41) is 0. The molecule has 1 aromatic heterocycles. The van der Waals surface area contributed by atoms with Gasteiger partial charge < -0.3 is 4.90 Å². The Kier molecular flexibility index (Phi) is 3.82. The van der Waals surface area contributed by atoms with Crippen molar-refractivity contribution in [3.8, 4) is 0 Å². The van der Waals surface area contributed by atoms with Gasteiger partial charge in [0.2, 0.25) is 0 Å². The van der Waals surface area contributed by atoms with Crippen LogP contribution in [0.4, 0.5) is 5.82 Å². The van der Waals surface area contributed by atoms with E-state index in [1.54, 1.807) is 12.5 Å². The molecule has 1 atom stereocenters. The summed E-state index contributed by atoms with van der Waals surface area (Å²) in [6, 6.07) is 11.0. The number of rotatable bonds is 1. The number of nitrogens with zero attached hydrogens (tertiary/aromatic N) is 3. The molecule has 0 amide bonds. The van der Waals surface area contributed by atoms with Crippen LogP contribution < -0.4 is 4.90 Å². The second kappa shape index (κ2) is 5.36.